The van der Waals surface area contributed by atoms with Crippen molar-refractivity contribution in [3.8, 4) is 17.2 Å². The molecule has 25 heavy (non-hydrogen) atoms. The summed E-state index contributed by atoms with van der Waals surface area (Å²) in [7, 11) is 0. The summed E-state index contributed by atoms with van der Waals surface area (Å²) in [6.07, 6.45) is 1.33. The monoisotopic (exact) mass is 338 g/mol. The second-order valence-electron chi connectivity index (χ2n) is 5.45. The SMILES string of the molecule is CCC(Oc1ccccc1C)C(=O)Oc1ccc(-n2cnnn2)cc1. The van der Waals surface area contributed by atoms with Crippen molar-refractivity contribution in [1.29, 1.82) is 0 Å². The highest BCUT2D eigenvalue weighted by molar-refractivity contribution is 5.77. The number of nitrogens with zero attached hydrogens (tertiary/aromatic N) is 4. The van der Waals surface area contributed by atoms with E-state index in [4.69, 9.17) is 9.47 Å². The molecular weight excluding hydrogens is 320 g/mol. The van der Waals surface area contributed by atoms with E-state index in [0.717, 1.165) is 11.3 Å². The van der Waals surface area contributed by atoms with Gasteiger partial charge in [0, 0.05) is 0 Å². The van der Waals surface area contributed by atoms with Crippen LogP contribution in [-0.4, -0.2) is 32.3 Å². The molecule has 0 amide bonds. The number of rotatable bonds is 6. The number of esters is 1. The Morgan fingerprint density at radius 3 is 2.56 bits per heavy atom. The first-order chi connectivity index (χ1) is 12.2. The van der Waals surface area contributed by atoms with Crippen molar-refractivity contribution in [2.24, 2.45) is 0 Å². The number of aryl methyl sites for hydroxylation is 1. The van der Waals surface area contributed by atoms with Crippen molar-refractivity contribution in [2.45, 2.75) is 26.4 Å². The van der Waals surface area contributed by atoms with E-state index in [0.29, 0.717) is 17.9 Å². The third-order valence-corrected chi connectivity index (χ3v) is 3.67. The largest absolute Gasteiger partial charge is 0.478 e. The zero-order valence-electron chi connectivity index (χ0n) is 14.0. The molecule has 1 atom stereocenters. The van der Waals surface area contributed by atoms with Crippen molar-refractivity contribution >= 4 is 5.97 Å². The molecule has 0 fully saturated rings. The molecule has 0 N–H and O–H groups in total. The van der Waals surface area contributed by atoms with Crippen LogP contribution in [0.4, 0.5) is 0 Å². The molecule has 7 nitrogen and oxygen atoms in total. The Labute approximate surface area is 145 Å². The molecule has 3 aromatic rings. The number of carbonyl (C=O) groups excluding carboxylic acids is 1. The average molecular weight is 338 g/mol. The maximum absolute atomic E-state index is 12.4. The summed E-state index contributed by atoms with van der Waals surface area (Å²) in [5.41, 5.74) is 1.74. The van der Waals surface area contributed by atoms with Crippen molar-refractivity contribution < 1.29 is 14.3 Å². The van der Waals surface area contributed by atoms with Gasteiger partial charge in [0.15, 0.2) is 6.10 Å². The van der Waals surface area contributed by atoms with E-state index in [9.17, 15) is 4.79 Å². The topological polar surface area (TPSA) is 79.1 Å². The summed E-state index contributed by atoms with van der Waals surface area (Å²) in [5, 5.41) is 11.0. The fraction of sp³-hybridized carbons (Fsp3) is 0.222. The van der Waals surface area contributed by atoms with Crippen LogP contribution in [0.5, 0.6) is 11.5 Å². The van der Waals surface area contributed by atoms with E-state index < -0.39 is 12.1 Å². The molecule has 1 unspecified atom stereocenters. The summed E-state index contributed by atoms with van der Waals surface area (Å²) < 4.78 is 12.7. The van der Waals surface area contributed by atoms with Crippen LogP contribution < -0.4 is 9.47 Å². The number of para-hydroxylation sites is 1. The van der Waals surface area contributed by atoms with Crippen LogP contribution in [0, 0.1) is 6.92 Å². The van der Waals surface area contributed by atoms with Gasteiger partial charge in [-0.1, -0.05) is 25.1 Å². The maximum atomic E-state index is 12.4. The van der Waals surface area contributed by atoms with Crippen LogP contribution in [-0.2, 0) is 4.79 Å². The molecule has 0 radical (unpaired) electrons. The van der Waals surface area contributed by atoms with Crippen LogP contribution in [0.1, 0.15) is 18.9 Å². The van der Waals surface area contributed by atoms with Gasteiger partial charge in [-0.2, -0.15) is 0 Å². The Bertz CT molecular complexity index is 832. The average Bonchev–Trinajstić information content (AvgIpc) is 3.16. The first kappa shape index (κ1) is 16.6. The standard InChI is InChI=1S/C18H18N4O3/c1-3-16(25-17-7-5-4-6-13(17)2)18(23)24-15-10-8-14(9-11-15)22-12-19-20-21-22/h4-12,16H,3H2,1-2H3. The van der Waals surface area contributed by atoms with Crippen molar-refractivity contribution in [1.82, 2.24) is 20.2 Å². The van der Waals surface area contributed by atoms with E-state index in [2.05, 4.69) is 15.5 Å². The van der Waals surface area contributed by atoms with Gasteiger partial charge in [0.2, 0.25) is 0 Å². The maximum Gasteiger partial charge on any atom is 0.352 e. The highest BCUT2D eigenvalue weighted by Crippen LogP contribution is 2.20. The summed E-state index contributed by atoms with van der Waals surface area (Å²) in [5.74, 6) is 0.690. The number of tetrazole rings is 1. The highest BCUT2D eigenvalue weighted by atomic mass is 16.6. The Morgan fingerprint density at radius 1 is 1.16 bits per heavy atom. The number of ether oxygens (including phenoxy) is 2. The third-order valence-electron chi connectivity index (χ3n) is 3.67. The molecule has 0 spiro atoms. The minimum atomic E-state index is -0.666. The molecule has 7 heteroatoms. The molecule has 0 aliphatic heterocycles. The lowest BCUT2D eigenvalue weighted by Crippen LogP contribution is -2.31. The molecule has 0 saturated carbocycles. The van der Waals surface area contributed by atoms with Gasteiger partial charge in [0.05, 0.1) is 5.69 Å². The molecule has 3 rings (SSSR count). The predicted octanol–water partition coefficient (Wildman–Crippen LogP) is 2.73. The zero-order valence-corrected chi connectivity index (χ0v) is 14.0. The van der Waals surface area contributed by atoms with Crippen LogP contribution in [0.25, 0.3) is 5.69 Å². The van der Waals surface area contributed by atoms with Gasteiger partial charge < -0.3 is 9.47 Å². The van der Waals surface area contributed by atoms with Gasteiger partial charge in [-0.3, -0.25) is 0 Å². The van der Waals surface area contributed by atoms with Crippen molar-refractivity contribution in [3.05, 3.63) is 60.4 Å². The zero-order chi connectivity index (χ0) is 17.6. The Kier molecular flexibility index (Phi) is 5.03. The van der Waals surface area contributed by atoms with Crippen LogP contribution >= 0.6 is 0 Å². The summed E-state index contributed by atoms with van der Waals surface area (Å²) in [4.78, 5) is 12.4. The van der Waals surface area contributed by atoms with Gasteiger partial charge >= 0.3 is 5.97 Å². The van der Waals surface area contributed by atoms with Crippen LogP contribution in [0.15, 0.2) is 54.9 Å². The first-order valence-corrected chi connectivity index (χ1v) is 7.94. The van der Waals surface area contributed by atoms with Gasteiger partial charge in [-0.05, 0) is 59.7 Å². The van der Waals surface area contributed by atoms with Crippen LogP contribution in [0.2, 0.25) is 0 Å². The molecule has 2 aromatic carbocycles. The summed E-state index contributed by atoms with van der Waals surface area (Å²) in [6.45, 7) is 3.82. The number of aromatic nitrogens is 4. The smallest absolute Gasteiger partial charge is 0.352 e. The van der Waals surface area contributed by atoms with E-state index in [-0.39, 0.29) is 0 Å². The van der Waals surface area contributed by atoms with E-state index >= 15 is 0 Å². The quantitative estimate of drug-likeness (QED) is 0.508. The normalized spacial score (nSPS) is 11.8. The molecule has 1 aromatic heterocycles. The molecule has 1 heterocycles. The molecule has 0 saturated heterocycles. The number of benzene rings is 2. The van der Waals surface area contributed by atoms with E-state index in [1.165, 1.54) is 11.0 Å². The molecule has 128 valence electrons. The van der Waals surface area contributed by atoms with Gasteiger partial charge in [0.1, 0.15) is 17.8 Å². The van der Waals surface area contributed by atoms with Gasteiger partial charge in [0.25, 0.3) is 0 Å². The van der Waals surface area contributed by atoms with E-state index in [1.807, 2.05) is 38.1 Å². The second-order valence-corrected chi connectivity index (χ2v) is 5.45. The molecule has 0 bridgehead atoms. The minimum Gasteiger partial charge on any atom is -0.478 e. The molecule has 0 aliphatic rings. The lowest BCUT2D eigenvalue weighted by molar-refractivity contribution is -0.142. The summed E-state index contributed by atoms with van der Waals surface area (Å²) in [6, 6.07) is 14.5. The van der Waals surface area contributed by atoms with Gasteiger partial charge in [-0.15, -0.1) is 5.10 Å². The van der Waals surface area contributed by atoms with Crippen molar-refractivity contribution in [2.75, 3.05) is 0 Å². The lowest BCUT2D eigenvalue weighted by atomic mass is 10.2. The number of carbonyl (C=O) groups is 1. The van der Waals surface area contributed by atoms with E-state index in [1.54, 1.807) is 24.3 Å². The Balaban J connectivity index is 1.66. The second kappa shape index (κ2) is 7.57. The van der Waals surface area contributed by atoms with Gasteiger partial charge in [-0.25, -0.2) is 9.48 Å². The fourth-order valence-electron chi connectivity index (χ4n) is 2.27. The highest BCUT2D eigenvalue weighted by Gasteiger charge is 2.21. The Morgan fingerprint density at radius 2 is 1.92 bits per heavy atom. The first-order valence-electron chi connectivity index (χ1n) is 7.94. The molecular formula is C18H18N4O3. The summed E-state index contributed by atoms with van der Waals surface area (Å²) >= 11 is 0. The fourth-order valence-corrected chi connectivity index (χ4v) is 2.27. The number of hydrogen-bond acceptors (Lipinski definition) is 6. The molecule has 0 aliphatic carbocycles. The van der Waals surface area contributed by atoms with Crippen molar-refractivity contribution in [3.63, 3.8) is 0 Å². The third kappa shape index (κ3) is 4.00. The Hall–Kier alpha value is -3.22. The lowest BCUT2D eigenvalue weighted by Gasteiger charge is -2.17. The minimum absolute atomic E-state index is 0.430. The predicted molar refractivity (Wildman–Crippen MR) is 90.7 cm³/mol. The number of hydrogen-bond donors (Lipinski definition) is 0. The van der Waals surface area contributed by atoms with Crippen LogP contribution in [0.3, 0.4) is 0 Å².